The van der Waals surface area contributed by atoms with Gasteiger partial charge in [-0.25, -0.2) is 14.6 Å². The predicted octanol–water partition coefficient (Wildman–Crippen LogP) is -2.45. The zero-order chi connectivity index (χ0) is 29.6. The van der Waals surface area contributed by atoms with Crippen LogP contribution in [0.1, 0.15) is 57.8 Å². The SMILES string of the molecule is C1CO1.O=C(O)CC(N1C(=O)CCC1=O)(N1C(=O)CCC1=O)C(C(=O)O)(N1C(=O)CCC1=O)N1C(=O)CCC1=O. The first kappa shape index (κ1) is 28.5. The third kappa shape index (κ3) is 4.12. The summed E-state index contributed by atoms with van der Waals surface area (Å²) >= 11 is 0. The number of imide groups is 4. The first-order valence-corrected chi connectivity index (χ1v) is 12.3. The smallest absolute Gasteiger partial charge is 0.356 e. The second-order valence-corrected chi connectivity index (χ2v) is 9.47. The van der Waals surface area contributed by atoms with Crippen LogP contribution in [0.3, 0.4) is 0 Å². The van der Waals surface area contributed by atoms with Crippen molar-refractivity contribution in [1.82, 2.24) is 19.6 Å². The van der Waals surface area contributed by atoms with Gasteiger partial charge in [0.1, 0.15) is 0 Å². The van der Waals surface area contributed by atoms with Gasteiger partial charge in [-0.2, -0.15) is 0 Å². The first-order valence-electron chi connectivity index (χ1n) is 12.3. The average molecular weight is 564 g/mol. The molecule has 0 aromatic rings. The number of ether oxygens (including phenoxy) is 1. The number of amides is 8. The van der Waals surface area contributed by atoms with Gasteiger partial charge in [-0.1, -0.05) is 0 Å². The van der Waals surface area contributed by atoms with Gasteiger partial charge in [0.2, 0.25) is 47.3 Å². The molecule has 5 aliphatic rings. The number of carboxylic acids is 2. The Hall–Kier alpha value is -4.54. The molecule has 17 heteroatoms. The van der Waals surface area contributed by atoms with Crippen molar-refractivity contribution in [3.05, 3.63) is 0 Å². The van der Waals surface area contributed by atoms with Crippen molar-refractivity contribution in [3.8, 4) is 0 Å². The van der Waals surface area contributed by atoms with Gasteiger partial charge in [-0.05, 0) is 0 Å². The number of epoxide rings is 1. The van der Waals surface area contributed by atoms with E-state index in [0.29, 0.717) is 0 Å². The molecule has 0 aromatic carbocycles. The molecule has 5 saturated heterocycles. The van der Waals surface area contributed by atoms with Gasteiger partial charge >= 0.3 is 11.9 Å². The largest absolute Gasteiger partial charge is 0.481 e. The summed E-state index contributed by atoms with van der Waals surface area (Å²) in [5.41, 5.74) is -7.29. The summed E-state index contributed by atoms with van der Waals surface area (Å²) in [6.45, 7) is 2.00. The maximum absolute atomic E-state index is 13.4. The Labute approximate surface area is 224 Å². The molecule has 5 aliphatic heterocycles. The van der Waals surface area contributed by atoms with Crippen molar-refractivity contribution in [1.29, 1.82) is 0 Å². The number of carbonyl (C=O) groups excluding carboxylic acids is 8. The highest BCUT2D eigenvalue weighted by Crippen LogP contribution is 2.49. The Kier molecular flexibility index (Phi) is 7.27. The van der Waals surface area contributed by atoms with E-state index in [1.807, 2.05) is 0 Å². The van der Waals surface area contributed by atoms with Crippen molar-refractivity contribution in [2.24, 2.45) is 0 Å². The van der Waals surface area contributed by atoms with E-state index in [1.54, 1.807) is 0 Å². The molecular formula is C23H24N4O13. The first-order chi connectivity index (χ1) is 18.8. The van der Waals surface area contributed by atoms with E-state index < -0.39 is 128 Å². The number of aliphatic carboxylic acids is 2. The lowest BCUT2D eigenvalue weighted by atomic mass is 9.81. The minimum atomic E-state index is -3.79. The summed E-state index contributed by atoms with van der Waals surface area (Å²) in [5, 5.41) is 20.7. The second kappa shape index (κ2) is 10.2. The van der Waals surface area contributed by atoms with E-state index in [-0.39, 0.29) is 19.6 Å². The van der Waals surface area contributed by atoms with Gasteiger partial charge in [0.05, 0.1) is 19.6 Å². The number of carboxylic acid groups (broad SMARTS) is 2. The van der Waals surface area contributed by atoms with E-state index in [4.69, 9.17) is 0 Å². The molecule has 0 atom stereocenters. The van der Waals surface area contributed by atoms with Crippen LogP contribution in [0.25, 0.3) is 0 Å². The molecule has 5 rings (SSSR count). The van der Waals surface area contributed by atoms with Crippen LogP contribution >= 0.6 is 0 Å². The Bertz CT molecular complexity index is 1130. The highest BCUT2D eigenvalue weighted by Gasteiger charge is 2.79. The normalized spacial score (nSPS) is 21.6. The van der Waals surface area contributed by atoms with Crippen LogP contribution in [0, 0.1) is 0 Å². The van der Waals surface area contributed by atoms with Crippen molar-refractivity contribution >= 4 is 59.2 Å². The molecule has 0 aromatic heterocycles. The van der Waals surface area contributed by atoms with Crippen LogP contribution < -0.4 is 0 Å². The maximum atomic E-state index is 13.4. The van der Waals surface area contributed by atoms with Crippen LogP contribution in [0.4, 0.5) is 0 Å². The maximum Gasteiger partial charge on any atom is 0.356 e. The molecular weight excluding hydrogens is 540 g/mol. The van der Waals surface area contributed by atoms with Gasteiger partial charge in [0.15, 0.2) is 5.66 Å². The number of hydrogen-bond donors (Lipinski definition) is 2. The molecule has 0 unspecified atom stereocenters. The molecule has 8 amide bonds. The third-order valence-electron chi connectivity index (χ3n) is 7.05. The number of hydrogen-bond acceptors (Lipinski definition) is 11. The van der Waals surface area contributed by atoms with Crippen LogP contribution in [0.5, 0.6) is 0 Å². The van der Waals surface area contributed by atoms with E-state index in [2.05, 4.69) is 4.74 Å². The van der Waals surface area contributed by atoms with Crippen molar-refractivity contribution in [2.45, 2.75) is 69.1 Å². The van der Waals surface area contributed by atoms with E-state index in [0.717, 1.165) is 13.2 Å². The Morgan fingerprint density at radius 1 is 0.550 bits per heavy atom. The summed E-state index contributed by atoms with van der Waals surface area (Å²) in [6.07, 6.45) is -6.62. The number of likely N-dealkylation sites (tertiary alicyclic amines) is 4. The molecule has 0 spiro atoms. The minimum absolute atomic E-state index is 0.0497. The number of carbonyl (C=O) groups is 10. The lowest BCUT2D eigenvalue weighted by Gasteiger charge is -2.58. The Morgan fingerprint density at radius 3 is 1.00 bits per heavy atom. The van der Waals surface area contributed by atoms with Gasteiger partial charge < -0.3 is 14.9 Å². The van der Waals surface area contributed by atoms with Crippen molar-refractivity contribution in [2.75, 3.05) is 13.2 Å². The van der Waals surface area contributed by atoms with E-state index in [9.17, 15) is 58.2 Å². The summed E-state index contributed by atoms with van der Waals surface area (Å²) in [5.74, 6) is -14.4. The standard InChI is InChI=1S/C21H20N4O12.C2H4O/c26-10-1-2-11(27)22(10)20(9-18(34)35,23-12(28)3-4-13(23)29)21(19(36)37,24-14(30)5-6-15(24)31)25-16(32)7-8-17(25)33;1-2-3-1/h1-9H2,(H,34,35)(H,36,37);1-2H2. The molecule has 0 aliphatic carbocycles. The van der Waals surface area contributed by atoms with Crippen molar-refractivity contribution in [3.63, 3.8) is 0 Å². The molecule has 214 valence electrons. The van der Waals surface area contributed by atoms with Crippen LogP contribution in [-0.4, -0.2) is 114 Å². The lowest BCUT2D eigenvalue weighted by Crippen LogP contribution is -2.87. The number of nitrogens with zero attached hydrogens (tertiary/aromatic N) is 4. The van der Waals surface area contributed by atoms with Crippen LogP contribution in [-0.2, 0) is 52.7 Å². The number of rotatable bonds is 8. The zero-order valence-electron chi connectivity index (χ0n) is 21.0. The fourth-order valence-electron chi connectivity index (χ4n) is 5.58. The highest BCUT2D eigenvalue weighted by atomic mass is 16.6. The Morgan fingerprint density at radius 2 is 0.800 bits per heavy atom. The summed E-state index contributed by atoms with van der Waals surface area (Å²) < 4.78 is 4.50. The van der Waals surface area contributed by atoms with Gasteiger partial charge in [-0.15, -0.1) is 0 Å². The molecule has 5 heterocycles. The second-order valence-electron chi connectivity index (χ2n) is 9.47. The van der Waals surface area contributed by atoms with Gasteiger partial charge in [-0.3, -0.25) is 53.0 Å². The molecule has 0 radical (unpaired) electrons. The average Bonchev–Trinajstić information content (AvgIpc) is 3.50. The van der Waals surface area contributed by atoms with Crippen molar-refractivity contribution < 1.29 is 62.9 Å². The summed E-state index contributed by atoms with van der Waals surface area (Å²) in [7, 11) is 0. The fourth-order valence-corrected chi connectivity index (χ4v) is 5.58. The predicted molar refractivity (Wildman–Crippen MR) is 121 cm³/mol. The zero-order valence-corrected chi connectivity index (χ0v) is 21.0. The molecule has 2 N–H and O–H groups in total. The van der Waals surface area contributed by atoms with E-state index in [1.165, 1.54) is 0 Å². The van der Waals surface area contributed by atoms with E-state index >= 15 is 0 Å². The van der Waals surface area contributed by atoms with Crippen LogP contribution in [0.2, 0.25) is 0 Å². The van der Waals surface area contributed by atoms with Gasteiger partial charge in [0.25, 0.3) is 5.66 Å². The minimum Gasteiger partial charge on any atom is -0.481 e. The molecule has 17 nitrogen and oxygen atoms in total. The molecule has 5 fully saturated rings. The molecule has 0 saturated carbocycles. The topological polar surface area (TPSA) is 237 Å². The Balaban J connectivity index is 0.00000115. The third-order valence-corrected chi connectivity index (χ3v) is 7.05. The molecule has 0 bridgehead atoms. The molecule has 40 heavy (non-hydrogen) atoms. The quantitative estimate of drug-likeness (QED) is 0.230. The van der Waals surface area contributed by atoms with Gasteiger partial charge in [0, 0.05) is 51.4 Å². The summed E-state index contributed by atoms with van der Waals surface area (Å²) in [6, 6.07) is 0. The van der Waals surface area contributed by atoms with Crippen LogP contribution in [0.15, 0.2) is 0 Å². The summed E-state index contributed by atoms with van der Waals surface area (Å²) in [4.78, 5) is 130. The monoisotopic (exact) mass is 564 g/mol. The highest BCUT2D eigenvalue weighted by molar-refractivity contribution is 6.16. The fraction of sp³-hybridized carbons (Fsp3) is 0.565. The lowest BCUT2D eigenvalue weighted by molar-refractivity contribution is -0.225.